The van der Waals surface area contributed by atoms with Crippen molar-refractivity contribution in [2.24, 2.45) is 0 Å². The van der Waals surface area contributed by atoms with Gasteiger partial charge in [0.15, 0.2) is 0 Å². The van der Waals surface area contributed by atoms with Crippen LogP contribution in [-0.4, -0.2) is 32.8 Å². The lowest BCUT2D eigenvalue weighted by Gasteiger charge is -2.10. The molecule has 0 fully saturated rings. The number of anilines is 2. The Kier molecular flexibility index (Phi) is 6.74. The third-order valence-corrected chi connectivity index (χ3v) is 2.68. The van der Waals surface area contributed by atoms with Crippen molar-refractivity contribution in [2.45, 2.75) is 19.8 Å². The van der Waals surface area contributed by atoms with Gasteiger partial charge in [0, 0.05) is 24.5 Å². The number of carbonyl (C=O) groups is 1. The monoisotopic (exact) mass is 266 g/mol. The highest BCUT2D eigenvalue weighted by Crippen LogP contribution is 2.18. The number of nitrogen functional groups attached to an aromatic ring is 1. The minimum atomic E-state index is -0.430. The maximum Gasteiger partial charge on any atom is 0.340 e. The van der Waals surface area contributed by atoms with Crippen LogP contribution in [0.15, 0.2) is 18.2 Å². The molecule has 106 valence electrons. The van der Waals surface area contributed by atoms with Crippen molar-refractivity contribution in [1.29, 1.82) is 0 Å². The fourth-order valence-corrected chi connectivity index (χ4v) is 1.57. The molecular formula is C14H22N2O3. The van der Waals surface area contributed by atoms with E-state index < -0.39 is 5.97 Å². The minimum Gasteiger partial charge on any atom is -0.465 e. The Morgan fingerprint density at radius 3 is 2.84 bits per heavy atom. The molecule has 0 spiro atoms. The highest BCUT2D eigenvalue weighted by atomic mass is 16.5. The summed E-state index contributed by atoms with van der Waals surface area (Å²) in [7, 11) is 1.34. The van der Waals surface area contributed by atoms with E-state index in [2.05, 4.69) is 17.0 Å². The Labute approximate surface area is 114 Å². The SMILES string of the molecule is CCCCOCCNc1ccc(N)c(C(=O)OC)c1. The normalized spacial score (nSPS) is 10.2. The van der Waals surface area contributed by atoms with Crippen LogP contribution in [0.25, 0.3) is 0 Å². The van der Waals surface area contributed by atoms with Crippen LogP contribution in [0.5, 0.6) is 0 Å². The summed E-state index contributed by atoms with van der Waals surface area (Å²) in [6, 6.07) is 5.20. The molecule has 1 aromatic carbocycles. The third-order valence-electron chi connectivity index (χ3n) is 2.68. The summed E-state index contributed by atoms with van der Waals surface area (Å²) in [4.78, 5) is 11.5. The van der Waals surface area contributed by atoms with Gasteiger partial charge in [-0.1, -0.05) is 13.3 Å². The van der Waals surface area contributed by atoms with Crippen LogP contribution in [0.1, 0.15) is 30.1 Å². The first-order valence-corrected chi connectivity index (χ1v) is 6.48. The van der Waals surface area contributed by atoms with Gasteiger partial charge in [0.2, 0.25) is 0 Å². The summed E-state index contributed by atoms with van der Waals surface area (Å²) in [5, 5.41) is 3.18. The lowest BCUT2D eigenvalue weighted by atomic mass is 10.1. The van der Waals surface area contributed by atoms with Gasteiger partial charge in [-0.05, 0) is 24.6 Å². The van der Waals surface area contributed by atoms with E-state index in [0.717, 1.165) is 25.1 Å². The number of nitrogens with one attached hydrogen (secondary N) is 1. The number of hydrogen-bond acceptors (Lipinski definition) is 5. The van der Waals surface area contributed by atoms with Crippen molar-refractivity contribution in [2.75, 3.05) is 37.9 Å². The molecule has 0 bridgehead atoms. The molecule has 0 unspecified atom stereocenters. The van der Waals surface area contributed by atoms with Crippen LogP contribution >= 0.6 is 0 Å². The lowest BCUT2D eigenvalue weighted by molar-refractivity contribution is 0.0602. The molecule has 0 aliphatic carbocycles. The molecule has 0 saturated carbocycles. The smallest absolute Gasteiger partial charge is 0.340 e. The fraction of sp³-hybridized carbons (Fsp3) is 0.500. The number of hydrogen-bond donors (Lipinski definition) is 2. The molecule has 19 heavy (non-hydrogen) atoms. The van der Waals surface area contributed by atoms with Gasteiger partial charge in [0.1, 0.15) is 0 Å². The van der Waals surface area contributed by atoms with E-state index >= 15 is 0 Å². The molecule has 0 radical (unpaired) electrons. The molecule has 0 saturated heterocycles. The van der Waals surface area contributed by atoms with Gasteiger partial charge in [-0.15, -0.1) is 0 Å². The van der Waals surface area contributed by atoms with E-state index in [1.165, 1.54) is 7.11 Å². The zero-order chi connectivity index (χ0) is 14.1. The van der Waals surface area contributed by atoms with Crippen LogP contribution < -0.4 is 11.1 Å². The van der Waals surface area contributed by atoms with Crippen LogP contribution in [0.4, 0.5) is 11.4 Å². The number of carbonyl (C=O) groups excluding carboxylic acids is 1. The molecule has 1 aromatic rings. The van der Waals surface area contributed by atoms with Crippen LogP contribution in [0.2, 0.25) is 0 Å². The zero-order valence-corrected chi connectivity index (χ0v) is 11.6. The summed E-state index contributed by atoms with van der Waals surface area (Å²) >= 11 is 0. The summed E-state index contributed by atoms with van der Waals surface area (Å²) in [6.45, 7) is 4.24. The molecule has 5 heteroatoms. The molecule has 0 aromatic heterocycles. The van der Waals surface area contributed by atoms with Gasteiger partial charge < -0.3 is 20.5 Å². The van der Waals surface area contributed by atoms with Crippen molar-refractivity contribution < 1.29 is 14.3 Å². The third kappa shape index (κ3) is 5.18. The molecule has 0 aliphatic rings. The van der Waals surface area contributed by atoms with Gasteiger partial charge in [0.05, 0.1) is 19.3 Å². The minimum absolute atomic E-state index is 0.374. The largest absolute Gasteiger partial charge is 0.465 e. The average molecular weight is 266 g/mol. The summed E-state index contributed by atoms with van der Waals surface area (Å²) in [5.74, 6) is -0.430. The second-order valence-corrected chi connectivity index (χ2v) is 4.19. The van der Waals surface area contributed by atoms with Crippen molar-refractivity contribution in [1.82, 2.24) is 0 Å². The molecule has 1 rings (SSSR count). The Morgan fingerprint density at radius 1 is 1.37 bits per heavy atom. The molecule has 5 nitrogen and oxygen atoms in total. The first-order chi connectivity index (χ1) is 9.19. The first kappa shape index (κ1) is 15.3. The topological polar surface area (TPSA) is 73.6 Å². The molecule has 0 aliphatic heterocycles. The highest BCUT2D eigenvalue weighted by Gasteiger charge is 2.10. The quantitative estimate of drug-likeness (QED) is 0.429. The number of unbranched alkanes of at least 4 members (excludes halogenated alkanes) is 1. The molecular weight excluding hydrogens is 244 g/mol. The Bertz CT molecular complexity index is 408. The predicted molar refractivity (Wildman–Crippen MR) is 76.4 cm³/mol. The second-order valence-electron chi connectivity index (χ2n) is 4.19. The van der Waals surface area contributed by atoms with E-state index in [4.69, 9.17) is 10.5 Å². The average Bonchev–Trinajstić information content (AvgIpc) is 2.43. The van der Waals surface area contributed by atoms with Gasteiger partial charge >= 0.3 is 5.97 Å². The van der Waals surface area contributed by atoms with Gasteiger partial charge in [-0.25, -0.2) is 4.79 Å². The lowest BCUT2D eigenvalue weighted by Crippen LogP contribution is -2.11. The second kappa shape index (κ2) is 8.37. The van der Waals surface area contributed by atoms with E-state index in [1.54, 1.807) is 12.1 Å². The van der Waals surface area contributed by atoms with Crippen molar-refractivity contribution in [3.05, 3.63) is 23.8 Å². The van der Waals surface area contributed by atoms with Crippen LogP contribution in [0, 0.1) is 0 Å². The van der Waals surface area contributed by atoms with Crippen molar-refractivity contribution in [3.8, 4) is 0 Å². The van der Waals surface area contributed by atoms with E-state index in [9.17, 15) is 4.79 Å². The number of ether oxygens (including phenoxy) is 2. The van der Waals surface area contributed by atoms with Crippen molar-refractivity contribution in [3.63, 3.8) is 0 Å². The number of esters is 1. The maximum atomic E-state index is 11.5. The number of nitrogens with two attached hydrogens (primary N) is 1. The van der Waals surface area contributed by atoms with Gasteiger partial charge in [-0.3, -0.25) is 0 Å². The number of benzene rings is 1. The van der Waals surface area contributed by atoms with E-state index in [0.29, 0.717) is 24.4 Å². The van der Waals surface area contributed by atoms with Crippen LogP contribution in [0.3, 0.4) is 0 Å². The predicted octanol–water partition coefficient (Wildman–Crippen LogP) is 2.28. The number of methoxy groups -OCH3 is 1. The zero-order valence-electron chi connectivity index (χ0n) is 11.6. The molecule has 0 atom stereocenters. The van der Waals surface area contributed by atoms with E-state index in [-0.39, 0.29) is 0 Å². The summed E-state index contributed by atoms with van der Waals surface area (Å²) < 4.78 is 10.1. The van der Waals surface area contributed by atoms with Gasteiger partial charge in [0.25, 0.3) is 0 Å². The first-order valence-electron chi connectivity index (χ1n) is 6.48. The Morgan fingerprint density at radius 2 is 2.16 bits per heavy atom. The molecule has 0 amide bonds. The molecule has 0 heterocycles. The fourth-order valence-electron chi connectivity index (χ4n) is 1.57. The summed E-state index contributed by atoms with van der Waals surface area (Å²) in [6.07, 6.45) is 2.21. The number of rotatable bonds is 8. The standard InChI is InChI=1S/C14H22N2O3/c1-3-4-8-19-9-7-16-11-5-6-13(15)12(10-11)14(17)18-2/h5-6,10,16H,3-4,7-9,15H2,1-2H3. The van der Waals surface area contributed by atoms with E-state index in [1.807, 2.05) is 6.07 Å². The Hall–Kier alpha value is -1.75. The maximum absolute atomic E-state index is 11.5. The molecule has 3 N–H and O–H groups in total. The summed E-state index contributed by atoms with van der Waals surface area (Å²) in [5.41, 5.74) is 7.34. The van der Waals surface area contributed by atoms with Crippen molar-refractivity contribution >= 4 is 17.3 Å². The Balaban J connectivity index is 2.44. The highest BCUT2D eigenvalue weighted by molar-refractivity contribution is 5.96. The van der Waals surface area contributed by atoms with Crippen LogP contribution in [-0.2, 0) is 9.47 Å². The van der Waals surface area contributed by atoms with Gasteiger partial charge in [-0.2, -0.15) is 0 Å².